The number of nitrogens with one attached hydrogen (secondary N) is 1. The van der Waals surface area contributed by atoms with Gasteiger partial charge in [-0.3, -0.25) is 0 Å². The maximum atomic E-state index is 5.11. The summed E-state index contributed by atoms with van der Waals surface area (Å²) in [5.74, 6) is 0. The lowest BCUT2D eigenvalue weighted by atomic mass is 10.5. The first-order valence-electron chi connectivity index (χ1n) is 5.64. The van der Waals surface area contributed by atoms with Gasteiger partial charge in [-0.1, -0.05) is 0 Å². The summed E-state index contributed by atoms with van der Waals surface area (Å²) in [4.78, 5) is 7.86. The van der Waals surface area contributed by atoms with Crippen molar-refractivity contribution >= 4 is 16.5 Å². The van der Waals surface area contributed by atoms with Crippen LogP contribution in [0.15, 0.2) is 6.20 Å². The summed E-state index contributed by atoms with van der Waals surface area (Å²) in [7, 11) is 5.36. The first-order chi connectivity index (χ1) is 8.31. The number of aromatic nitrogens is 1. The molecule has 1 aromatic heterocycles. The van der Waals surface area contributed by atoms with Gasteiger partial charge in [0.15, 0.2) is 5.13 Å². The fraction of sp³-hybridized carbons (Fsp3) is 0.727. The van der Waals surface area contributed by atoms with E-state index in [9.17, 15) is 0 Å². The highest BCUT2D eigenvalue weighted by molar-refractivity contribution is 7.15. The van der Waals surface area contributed by atoms with Crippen LogP contribution < -0.4 is 10.2 Å². The van der Waals surface area contributed by atoms with Crippen molar-refractivity contribution in [3.63, 3.8) is 0 Å². The molecule has 98 valence electrons. The molecule has 17 heavy (non-hydrogen) atoms. The van der Waals surface area contributed by atoms with Gasteiger partial charge in [0.05, 0.1) is 13.2 Å². The Labute approximate surface area is 107 Å². The minimum absolute atomic E-state index is 0.699. The highest BCUT2D eigenvalue weighted by atomic mass is 32.1. The zero-order valence-electron chi connectivity index (χ0n) is 10.7. The molecular formula is C11H21N3O2S. The number of hydrogen-bond acceptors (Lipinski definition) is 6. The van der Waals surface area contributed by atoms with Crippen LogP contribution in [0.3, 0.4) is 0 Å². The van der Waals surface area contributed by atoms with Crippen LogP contribution in [0.2, 0.25) is 0 Å². The molecule has 1 rings (SSSR count). The highest BCUT2D eigenvalue weighted by Gasteiger charge is 2.10. The van der Waals surface area contributed by atoms with Crippen LogP contribution >= 0.6 is 11.3 Å². The molecule has 0 fully saturated rings. The summed E-state index contributed by atoms with van der Waals surface area (Å²) in [5, 5.41) is 4.16. The molecule has 5 nitrogen and oxygen atoms in total. The van der Waals surface area contributed by atoms with Crippen LogP contribution in [0.1, 0.15) is 4.88 Å². The molecule has 0 amide bonds. The molecule has 0 saturated carbocycles. The number of methoxy groups -OCH3 is 2. The van der Waals surface area contributed by atoms with E-state index in [0.717, 1.165) is 24.8 Å². The van der Waals surface area contributed by atoms with Crippen LogP contribution in [0.25, 0.3) is 0 Å². The Morgan fingerprint density at radius 1 is 1.29 bits per heavy atom. The average Bonchev–Trinajstić information content (AvgIpc) is 2.78. The SMILES string of the molecule is CNCc1cnc(N(CCOC)CCOC)s1. The molecular weight excluding hydrogens is 238 g/mol. The smallest absolute Gasteiger partial charge is 0.185 e. The fourth-order valence-corrected chi connectivity index (χ4v) is 2.38. The minimum atomic E-state index is 0.699. The van der Waals surface area contributed by atoms with Gasteiger partial charge in [-0.05, 0) is 7.05 Å². The largest absolute Gasteiger partial charge is 0.383 e. The Hall–Kier alpha value is -0.690. The zero-order valence-corrected chi connectivity index (χ0v) is 11.5. The van der Waals surface area contributed by atoms with Crippen molar-refractivity contribution < 1.29 is 9.47 Å². The van der Waals surface area contributed by atoms with Crippen molar-refractivity contribution in [2.45, 2.75) is 6.54 Å². The van der Waals surface area contributed by atoms with Gasteiger partial charge in [0.1, 0.15) is 0 Å². The van der Waals surface area contributed by atoms with Gasteiger partial charge in [-0.25, -0.2) is 4.98 Å². The number of thiazole rings is 1. The van der Waals surface area contributed by atoms with Crippen LogP contribution in [0.5, 0.6) is 0 Å². The molecule has 0 radical (unpaired) electrons. The third-order valence-corrected chi connectivity index (χ3v) is 3.35. The van der Waals surface area contributed by atoms with E-state index in [1.165, 1.54) is 4.88 Å². The fourth-order valence-electron chi connectivity index (χ4n) is 1.41. The molecule has 0 bridgehead atoms. The van der Waals surface area contributed by atoms with E-state index >= 15 is 0 Å². The Bertz CT molecular complexity index is 299. The second-order valence-electron chi connectivity index (χ2n) is 3.61. The molecule has 0 atom stereocenters. The lowest BCUT2D eigenvalue weighted by Gasteiger charge is -2.20. The lowest BCUT2D eigenvalue weighted by Crippen LogP contribution is -2.30. The quantitative estimate of drug-likeness (QED) is 0.716. The highest BCUT2D eigenvalue weighted by Crippen LogP contribution is 2.22. The van der Waals surface area contributed by atoms with Crippen molar-refractivity contribution in [3.05, 3.63) is 11.1 Å². The van der Waals surface area contributed by atoms with E-state index in [4.69, 9.17) is 9.47 Å². The molecule has 0 aliphatic heterocycles. The minimum Gasteiger partial charge on any atom is -0.383 e. The lowest BCUT2D eigenvalue weighted by molar-refractivity contribution is 0.190. The molecule has 0 saturated heterocycles. The standard InChI is InChI=1S/C11H21N3O2S/c1-12-8-10-9-13-11(17-10)14(4-6-15-2)5-7-16-3/h9,12H,4-8H2,1-3H3. The van der Waals surface area contributed by atoms with Gasteiger partial charge in [-0.15, -0.1) is 11.3 Å². The van der Waals surface area contributed by atoms with Crippen LogP contribution in [0.4, 0.5) is 5.13 Å². The van der Waals surface area contributed by atoms with E-state index in [-0.39, 0.29) is 0 Å². The van der Waals surface area contributed by atoms with Crippen molar-refractivity contribution in [1.29, 1.82) is 0 Å². The normalized spacial score (nSPS) is 10.8. The summed E-state index contributed by atoms with van der Waals surface area (Å²) in [5.41, 5.74) is 0. The van der Waals surface area contributed by atoms with E-state index in [2.05, 4.69) is 15.2 Å². The molecule has 0 spiro atoms. The molecule has 1 heterocycles. The molecule has 1 aromatic rings. The summed E-state index contributed by atoms with van der Waals surface area (Å²) in [6, 6.07) is 0. The topological polar surface area (TPSA) is 46.6 Å². The molecule has 0 aliphatic rings. The van der Waals surface area contributed by atoms with Gasteiger partial charge in [0.25, 0.3) is 0 Å². The Kier molecular flexibility index (Phi) is 7.11. The third kappa shape index (κ3) is 4.99. The second kappa shape index (κ2) is 8.41. The summed E-state index contributed by atoms with van der Waals surface area (Å²) >= 11 is 1.71. The van der Waals surface area contributed by atoms with Crippen LogP contribution in [0, 0.1) is 0 Å². The monoisotopic (exact) mass is 259 g/mol. The number of hydrogen-bond donors (Lipinski definition) is 1. The average molecular weight is 259 g/mol. The molecule has 0 aromatic carbocycles. The first-order valence-corrected chi connectivity index (χ1v) is 6.45. The summed E-state index contributed by atoms with van der Waals surface area (Å²) in [6.07, 6.45) is 1.92. The van der Waals surface area contributed by atoms with Crippen molar-refractivity contribution in [2.75, 3.05) is 52.5 Å². The Morgan fingerprint density at radius 2 is 1.94 bits per heavy atom. The van der Waals surface area contributed by atoms with E-state index in [1.807, 2.05) is 13.2 Å². The zero-order chi connectivity index (χ0) is 12.5. The van der Waals surface area contributed by atoms with Crippen molar-refractivity contribution in [3.8, 4) is 0 Å². The van der Waals surface area contributed by atoms with Crippen molar-refractivity contribution in [2.24, 2.45) is 0 Å². The first kappa shape index (κ1) is 14.4. The maximum absolute atomic E-state index is 5.11. The summed E-state index contributed by atoms with van der Waals surface area (Å²) in [6.45, 7) is 3.94. The Balaban J connectivity index is 2.58. The molecule has 6 heteroatoms. The third-order valence-electron chi connectivity index (χ3n) is 2.29. The van der Waals surface area contributed by atoms with Gasteiger partial charge in [0, 0.05) is 44.9 Å². The predicted octanol–water partition coefficient (Wildman–Crippen LogP) is 0.962. The maximum Gasteiger partial charge on any atom is 0.185 e. The van der Waals surface area contributed by atoms with E-state index in [0.29, 0.717) is 13.2 Å². The number of nitrogens with zero attached hydrogens (tertiary/aromatic N) is 2. The second-order valence-corrected chi connectivity index (χ2v) is 4.71. The number of ether oxygens (including phenoxy) is 2. The van der Waals surface area contributed by atoms with Gasteiger partial charge in [-0.2, -0.15) is 0 Å². The number of rotatable bonds is 9. The van der Waals surface area contributed by atoms with Crippen LogP contribution in [-0.2, 0) is 16.0 Å². The van der Waals surface area contributed by atoms with Crippen LogP contribution in [-0.4, -0.2) is 52.6 Å². The van der Waals surface area contributed by atoms with E-state index in [1.54, 1.807) is 25.6 Å². The summed E-state index contributed by atoms with van der Waals surface area (Å²) < 4.78 is 10.2. The van der Waals surface area contributed by atoms with Gasteiger partial charge in [0.2, 0.25) is 0 Å². The predicted molar refractivity (Wildman–Crippen MR) is 70.8 cm³/mol. The molecule has 0 aliphatic carbocycles. The number of anilines is 1. The Morgan fingerprint density at radius 3 is 2.47 bits per heavy atom. The van der Waals surface area contributed by atoms with Crippen molar-refractivity contribution in [1.82, 2.24) is 10.3 Å². The van der Waals surface area contributed by atoms with E-state index < -0.39 is 0 Å². The molecule has 1 N–H and O–H groups in total. The van der Waals surface area contributed by atoms with Gasteiger partial charge < -0.3 is 19.7 Å². The van der Waals surface area contributed by atoms with Gasteiger partial charge >= 0.3 is 0 Å². The molecule has 0 unspecified atom stereocenters.